The molecule has 0 saturated heterocycles. The van der Waals surface area contributed by atoms with Crippen LogP contribution in [0.2, 0.25) is 0 Å². The molecule has 1 aliphatic heterocycles. The largest absolute Gasteiger partial charge is 0.493 e. The highest BCUT2D eigenvalue weighted by molar-refractivity contribution is 5.40. The minimum absolute atomic E-state index is 0.0474. The maximum absolute atomic E-state index is 9.79. The van der Waals surface area contributed by atoms with Crippen molar-refractivity contribution in [3.8, 4) is 5.75 Å². The van der Waals surface area contributed by atoms with E-state index in [1.165, 1.54) is 0 Å². The second-order valence-electron chi connectivity index (χ2n) is 3.48. The van der Waals surface area contributed by atoms with E-state index in [-0.39, 0.29) is 5.92 Å². The minimum Gasteiger partial charge on any atom is -0.493 e. The first-order valence-electron chi connectivity index (χ1n) is 4.71. The fraction of sp³-hybridized carbons (Fsp3) is 0.455. The molecule has 1 aromatic rings. The van der Waals surface area contributed by atoms with Crippen molar-refractivity contribution in [3.63, 3.8) is 0 Å². The SMILES string of the molecule is COCC(O)C1COc2ccccc21. The predicted molar refractivity (Wildman–Crippen MR) is 52.6 cm³/mol. The average Bonchev–Trinajstić information content (AvgIpc) is 2.61. The summed E-state index contributed by atoms with van der Waals surface area (Å²) in [7, 11) is 1.59. The molecule has 14 heavy (non-hydrogen) atoms. The van der Waals surface area contributed by atoms with Gasteiger partial charge >= 0.3 is 0 Å². The summed E-state index contributed by atoms with van der Waals surface area (Å²) >= 11 is 0. The van der Waals surface area contributed by atoms with E-state index in [1.807, 2.05) is 24.3 Å². The van der Waals surface area contributed by atoms with Gasteiger partial charge in [-0.1, -0.05) is 18.2 Å². The number of aliphatic hydroxyl groups excluding tert-OH is 1. The zero-order chi connectivity index (χ0) is 9.97. The van der Waals surface area contributed by atoms with Crippen LogP contribution in [0.5, 0.6) is 5.75 Å². The average molecular weight is 194 g/mol. The van der Waals surface area contributed by atoms with Crippen molar-refractivity contribution >= 4 is 0 Å². The van der Waals surface area contributed by atoms with Crippen LogP contribution in [0.4, 0.5) is 0 Å². The molecule has 1 aliphatic rings. The Morgan fingerprint density at radius 2 is 2.36 bits per heavy atom. The Morgan fingerprint density at radius 1 is 1.57 bits per heavy atom. The quantitative estimate of drug-likeness (QED) is 0.785. The van der Waals surface area contributed by atoms with Gasteiger partial charge in [-0.05, 0) is 6.07 Å². The molecule has 3 heteroatoms. The number of benzene rings is 1. The molecule has 2 unspecified atom stereocenters. The number of hydrogen-bond donors (Lipinski definition) is 1. The number of para-hydroxylation sites is 1. The van der Waals surface area contributed by atoms with E-state index in [4.69, 9.17) is 9.47 Å². The Morgan fingerprint density at radius 3 is 3.14 bits per heavy atom. The molecule has 3 nitrogen and oxygen atoms in total. The second kappa shape index (κ2) is 3.98. The van der Waals surface area contributed by atoms with E-state index in [9.17, 15) is 5.11 Å². The van der Waals surface area contributed by atoms with E-state index >= 15 is 0 Å². The van der Waals surface area contributed by atoms with Crippen LogP contribution in [0.1, 0.15) is 11.5 Å². The number of methoxy groups -OCH3 is 1. The molecular weight excluding hydrogens is 180 g/mol. The topological polar surface area (TPSA) is 38.7 Å². The third-order valence-corrected chi connectivity index (χ3v) is 2.54. The van der Waals surface area contributed by atoms with Gasteiger partial charge in [-0.25, -0.2) is 0 Å². The number of rotatable bonds is 3. The van der Waals surface area contributed by atoms with Crippen molar-refractivity contribution in [2.24, 2.45) is 0 Å². The van der Waals surface area contributed by atoms with Crippen molar-refractivity contribution in [1.29, 1.82) is 0 Å². The van der Waals surface area contributed by atoms with Crippen molar-refractivity contribution in [3.05, 3.63) is 29.8 Å². The van der Waals surface area contributed by atoms with Crippen LogP contribution in [-0.4, -0.2) is 31.5 Å². The number of ether oxygens (including phenoxy) is 2. The van der Waals surface area contributed by atoms with Crippen molar-refractivity contribution < 1.29 is 14.6 Å². The Hall–Kier alpha value is -1.06. The van der Waals surface area contributed by atoms with Crippen LogP contribution < -0.4 is 4.74 Å². The van der Waals surface area contributed by atoms with Crippen LogP contribution in [-0.2, 0) is 4.74 Å². The van der Waals surface area contributed by atoms with Crippen LogP contribution >= 0.6 is 0 Å². The lowest BCUT2D eigenvalue weighted by atomic mass is 9.96. The molecule has 1 N–H and O–H groups in total. The van der Waals surface area contributed by atoms with Gasteiger partial charge in [0.2, 0.25) is 0 Å². The van der Waals surface area contributed by atoms with Gasteiger partial charge in [-0.15, -0.1) is 0 Å². The third kappa shape index (κ3) is 1.61. The van der Waals surface area contributed by atoms with E-state index in [0.717, 1.165) is 11.3 Å². The number of aliphatic hydroxyl groups is 1. The molecule has 0 spiro atoms. The van der Waals surface area contributed by atoms with Crippen molar-refractivity contribution in [1.82, 2.24) is 0 Å². The molecule has 0 aromatic heterocycles. The normalized spacial score (nSPS) is 21.4. The number of fused-ring (bicyclic) bond motifs is 1. The Bertz CT molecular complexity index is 311. The lowest BCUT2D eigenvalue weighted by Crippen LogP contribution is -2.24. The summed E-state index contributed by atoms with van der Waals surface area (Å²) in [5, 5.41) is 9.79. The third-order valence-electron chi connectivity index (χ3n) is 2.54. The summed E-state index contributed by atoms with van der Waals surface area (Å²) in [5.74, 6) is 0.929. The minimum atomic E-state index is -0.483. The molecular formula is C11H14O3. The van der Waals surface area contributed by atoms with Gasteiger partial charge in [0.05, 0.1) is 19.3 Å². The molecule has 0 radical (unpaired) electrons. The predicted octanol–water partition coefficient (Wildman–Crippen LogP) is 1.17. The smallest absolute Gasteiger partial charge is 0.123 e. The van der Waals surface area contributed by atoms with Gasteiger partial charge in [0.1, 0.15) is 5.75 Å². The molecule has 0 saturated carbocycles. The molecule has 0 bridgehead atoms. The first-order chi connectivity index (χ1) is 6.83. The lowest BCUT2D eigenvalue weighted by Gasteiger charge is -2.15. The van der Waals surface area contributed by atoms with Crippen LogP contribution in [0, 0.1) is 0 Å². The van der Waals surface area contributed by atoms with Gasteiger partial charge in [0.15, 0.2) is 0 Å². The summed E-state index contributed by atoms with van der Waals surface area (Å²) in [6, 6.07) is 7.81. The number of hydrogen-bond acceptors (Lipinski definition) is 3. The highest BCUT2D eigenvalue weighted by atomic mass is 16.5. The molecule has 2 atom stereocenters. The van der Waals surface area contributed by atoms with Crippen LogP contribution in [0.15, 0.2) is 24.3 Å². The lowest BCUT2D eigenvalue weighted by molar-refractivity contribution is 0.0417. The maximum Gasteiger partial charge on any atom is 0.123 e. The highest BCUT2D eigenvalue weighted by Gasteiger charge is 2.29. The first kappa shape index (κ1) is 9.49. The fourth-order valence-electron chi connectivity index (χ4n) is 1.79. The fourth-order valence-corrected chi connectivity index (χ4v) is 1.79. The maximum atomic E-state index is 9.79. The van der Waals surface area contributed by atoms with Gasteiger partial charge < -0.3 is 14.6 Å². The zero-order valence-electron chi connectivity index (χ0n) is 8.14. The summed E-state index contributed by atoms with van der Waals surface area (Å²) < 4.78 is 10.4. The van der Waals surface area contributed by atoms with Gasteiger partial charge in [0.25, 0.3) is 0 Å². The van der Waals surface area contributed by atoms with Gasteiger partial charge in [-0.3, -0.25) is 0 Å². The molecule has 1 heterocycles. The molecule has 0 amide bonds. The van der Waals surface area contributed by atoms with E-state index in [0.29, 0.717) is 13.2 Å². The standard InChI is InChI=1S/C11H14O3/c1-13-7-10(12)9-6-14-11-5-3-2-4-8(9)11/h2-5,9-10,12H,6-7H2,1H3. The van der Waals surface area contributed by atoms with E-state index in [2.05, 4.69) is 0 Å². The van der Waals surface area contributed by atoms with Crippen molar-refractivity contribution in [2.45, 2.75) is 12.0 Å². The molecule has 2 rings (SSSR count). The summed E-state index contributed by atoms with van der Waals surface area (Å²) in [6.07, 6.45) is -0.483. The Kier molecular flexibility index (Phi) is 2.70. The molecule has 0 aliphatic carbocycles. The summed E-state index contributed by atoms with van der Waals surface area (Å²) in [6.45, 7) is 0.895. The van der Waals surface area contributed by atoms with Crippen molar-refractivity contribution in [2.75, 3.05) is 20.3 Å². The summed E-state index contributed by atoms with van der Waals surface area (Å²) in [4.78, 5) is 0. The highest BCUT2D eigenvalue weighted by Crippen LogP contribution is 2.35. The van der Waals surface area contributed by atoms with E-state index < -0.39 is 6.10 Å². The van der Waals surface area contributed by atoms with E-state index in [1.54, 1.807) is 7.11 Å². The summed E-state index contributed by atoms with van der Waals surface area (Å²) in [5.41, 5.74) is 1.08. The molecule has 0 fully saturated rings. The van der Waals surface area contributed by atoms with Crippen LogP contribution in [0.25, 0.3) is 0 Å². The monoisotopic (exact) mass is 194 g/mol. The molecule has 76 valence electrons. The zero-order valence-corrected chi connectivity index (χ0v) is 8.14. The first-order valence-corrected chi connectivity index (χ1v) is 4.71. The second-order valence-corrected chi connectivity index (χ2v) is 3.48. The Labute approximate surface area is 83.3 Å². The van der Waals surface area contributed by atoms with Gasteiger partial charge in [-0.2, -0.15) is 0 Å². The van der Waals surface area contributed by atoms with Crippen LogP contribution in [0.3, 0.4) is 0 Å². The molecule has 1 aromatic carbocycles. The van der Waals surface area contributed by atoms with Gasteiger partial charge in [0, 0.05) is 18.6 Å². The Balaban J connectivity index is 2.17.